The van der Waals surface area contributed by atoms with Gasteiger partial charge in [-0.3, -0.25) is 14.5 Å². The van der Waals surface area contributed by atoms with Gasteiger partial charge >= 0.3 is 0 Å². The molecule has 0 aromatic heterocycles. The number of carbonyl (C=O) groups excluding carboxylic acids is 2. The first-order valence-corrected chi connectivity index (χ1v) is 6.35. The van der Waals surface area contributed by atoms with Crippen molar-refractivity contribution in [2.75, 3.05) is 24.7 Å². The summed E-state index contributed by atoms with van der Waals surface area (Å²) in [7, 11) is 0. The fourth-order valence-electron chi connectivity index (χ4n) is 2.04. The third-order valence-electron chi connectivity index (χ3n) is 2.92. The van der Waals surface area contributed by atoms with Gasteiger partial charge in [0.15, 0.2) is 0 Å². The van der Waals surface area contributed by atoms with Crippen LogP contribution in [0.3, 0.4) is 0 Å². The summed E-state index contributed by atoms with van der Waals surface area (Å²) in [5, 5.41) is 0. The largest absolute Gasteiger partial charge is 0.379 e. The van der Waals surface area contributed by atoms with Gasteiger partial charge in [0, 0.05) is 13.2 Å². The van der Waals surface area contributed by atoms with Crippen LogP contribution in [0.1, 0.15) is 24.2 Å². The highest BCUT2D eigenvalue weighted by atomic mass is 19.1. The molecule has 6 heteroatoms. The molecule has 0 radical (unpaired) electrons. The average Bonchev–Trinajstić information content (AvgIpc) is 2.64. The summed E-state index contributed by atoms with van der Waals surface area (Å²) in [4.78, 5) is 24.4. The number of benzene rings is 1. The lowest BCUT2D eigenvalue weighted by atomic mass is 10.1. The van der Waals surface area contributed by atoms with Crippen LogP contribution in [-0.4, -0.2) is 31.4 Å². The lowest BCUT2D eigenvalue weighted by Crippen LogP contribution is -2.33. The predicted octanol–water partition coefficient (Wildman–Crippen LogP) is 2.17. The van der Waals surface area contributed by atoms with Crippen molar-refractivity contribution in [2.45, 2.75) is 13.8 Å². The number of ketones is 1. The monoisotopic (exact) mass is 283 g/mol. The number of amides is 1. The summed E-state index contributed by atoms with van der Waals surface area (Å²) in [6.45, 7) is 4.61. The van der Waals surface area contributed by atoms with Gasteiger partial charge in [0.1, 0.15) is 11.6 Å². The molecular formula is C14H15F2NO3. The van der Waals surface area contributed by atoms with Crippen LogP contribution in [0.25, 0.3) is 0 Å². The van der Waals surface area contributed by atoms with Gasteiger partial charge < -0.3 is 4.74 Å². The summed E-state index contributed by atoms with van der Waals surface area (Å²) >= 11 is 0. The zero-order valence-corrected chi connectivity index (χ0v) is 11.3. The Kier molecular flexibility index (Phi) is 4.13. The van der Waals surface area contributed by atoms with Crippen molar-refractivity contribution in [2.24, 2.45) is 5.92 Å². The van der Waals surface area contributed by atoms with Gasteiger partial charge in [0.2, 0.25) is 0 Å². The van der Waals surface area contributed by atoms with Crippen molar-refractivity contribution in [3.63, 3.8) is 0 Å². The highest BCUT2D eigenvalue weighted by molar-refractivity contribution is 6.52. The number of hydrogen-bond acceptors (Lipinski definition) is 3. The van der Waals surface area contributed by atoms with Crippen molar-refractivity contribution in [3.05, 3.63) is 29.3 Å². The van der Waals surface area contributed by atoms with Gasteiger partial charge in [-0.15, -0.1) is 0 Å². The van der Waals surface area contributed by atoms with E-state index in [1.165, 1.54) is 0 Å². The molecule has 0 aliphatic carbocycles. The molecule has 1 heterocycles. The minimum absolute atomic E-state index is 0.0185. The van der Waals surface area contributed by atoms with E-state index in [1.807, 2.05) is 13.8 Å². The molecule has 1 amide bonds. The summed E-state index contributed by atoms with van der Waals surface area (Å²) in [6, 6.07) is 1.75. The average molecular weight is 283 g/mol. The third-order valence-corrected chi connectivity index (χ3v) is 2.92. The Labute approximate surface area is 115 Å². The summed E-state index contributed by atoms with van der Waals surface area (Å²) in [6.07, 6.45) is 0. The fraction of sp³-hybridized carbons (Fsp3) is 0.429. The molecule has 2 rings (SSSR count). The normalized spacial score (nSPS) is 14.3. The molecule has 0 atom stereocenters. The molecule has 1 aliphatic rings. The van der Waals surface area contributed by atoms with Crippen LogP contribution in [0.4, 0.5) is 14.5 Å². The second-order valence-corrected chi connectivity index (χ2v) is 5.01. The number of rotatable bonds is 5. The van der Waals surface area contributed by atoms with Crippen molar-refractivity contribution < 1.29 is 23.1 Å². The summed E-state index contributed by atoms with van der Waals surface area (Å²) < 4.78 is 32.6. The van der Waals surface area contributed by atoms with E-state index in [-0.39, 0.29) is 18.8 Å². The quantitative estimate of drug-likeness (QED) is 0.614. The Morgan fingerprint density at radius 1 is 1.20 bits per heavy atom. The van der Waals surface area contributed by atoms with Gasteiger partial charge in [-0.2, -0.15) is 0 Å². The van der Waals surface area contributed by atoms with E-state index in [1.54, 1.807) is 0 Å². The van der Waals surface area contributed by atoms with E-state index < -0.39 is 28.9 Å². The van der Waals surface area contributed by atoms with Crippen molar-refractivity contribution in [3.8, 4) is 0 Å². The first-order valence-electron chi connectivity index (χ1n) is 6.35. The fourth-order valence-corrected chi connectivity index (χ4v) is 2.04. The molecule has 0 saturated heterocycles. The summed E-state index contributed by atoms with van der Waals surface area (Å²) in [5.41, 5.74) is -0.771. The van der Waals surface area contributed by atoms with Crippen LogP contribution in [0, 0.1) is 17.6 Å². The first kappa shape index (κ1) is 14.6. The number of ether oxygens (including phenoxy) is 1. The van der Waals surface area contributed by atoms with E-state index >= 15 is 0 Å². The molecule has 4 nitrogen and oxygen atoms in total. The van der Waals surface area contributed by atoms with Crippen LogP contribution in [0.15, 0.2) is 12.1 Å². The number of hydrogen-bond donors (Lipinski definition) is 0. The lowest BCUT2D eigenvalue weighted by Gasteiger charge is -2.17. The minimum Gasteiger partial charge on any atom is -0.379 e. The van der Waals surface area contributed by atoms with E-state index in [0.717, 1.165) is 17.0 Å². The van der Waals surface area contributed by atoms with E-state index in [2.05, 4.69) is 0 Å². The van der Waals surface area contributed by atoms with Crippen LogP contribution in [0.2, 0.25) is 0 Å². The molecule has 1 aromatic carbocycles. The smallest absolute Gasteiger partial charge is 0.299 e. The maximum absolute atomic E-state index is 13.8. The van der Waals surface area contributed by atoms with Gasteiger partial charge in [0.05, 0.1) is 17.9 Å². The maximum Gasteiger partial charge on any atom is 0.299 e. The molecular weight excluding hydrogens is 268 g/mol. The third kappa shape index (κ3) is 2.56. The molecule has 1 aromatic rings. The molecule has 0 N–H and O–H groups in total. The van der Waals surface area contributed by atoms with Crippen LogP contribution < -0.4 is 4.90 Å². The second-order valence-electron chi connectivity index (χ2n) is 5.01. The van der Waals surface area contributed by atoms with Crippen molar-refractivity contribution in [1.82, 2.24) is 0 Å². The van der Waals surface area contributed by atoms with Crippen molar-refractivity contribution >= 4 is 17.4 Å². The zero-order valence-electron chi connectivity index (χ0n) is 11.3. The number of nitrogens with zero attached hydrogens (tertiary/aromatic N) is 1. The molecule has 0 fully saturated rings. The molecule has 1 aliphatic heterocycles. The SMILES string of the molecule is CC(C)COCCN1C(=O)C(=O)c2c(F)ccc(F)c21. The number of Topliss-reactive ketones (excluding diaryl/α,β-unsaturated/α-hetero) is 1. The summed E-state index contributed by atoms with van der Waals surface area (Å²) in [5.74, 6) is -3.28. The Hall–Kier alpha value is -1.82. The Morgan fingerprint density at radius 2 is 1.85 bits per heavy atom. The van der Waals surface area contributed by atoms with Crippen LogP contribution >= 0.6 is 0 Å². The number of fused-ring (bicyclic) bond motifs is 1. The number of halogens is 2. The Bertz CT molecular complexity index is 558. The van der Waals surface area contributed by atoms with E-state index in [9.17, 15) is 18.4 Å². The zero-order chi connectivity index (χ0) is 14.9. The van der Waals surface area contributed by atoms with Gasteiger partial charge in [-0.1, -0.05) is 13.8 Å². The maximum atomic E-state index is 13.8. The van der Waals surface area contributed by atoms with Crippen molar-refractivity contribution in [1.29, 1.82) is 0 Å². The van der Waals surface area contributed by atoms with Crippen LogP contribution in [-0.2, 0) is 9.53 Å². The van der Waals surface area contributed by atoms with E-state index in [4.69, 9.17) is 4.74 Å². The number of anilines is 1. The highest BCUT2D eigenvalue weighted by Gasteiger charge is 2.40. The Morgan fingerprint density at radius 3 is 2.50 bits per heavy atom. The molecule has 20 heavy (non-hydrogen) atoms. The second kappa shape index (κ2) is 5.66. The standard InChI is InChI=1S/C14H15F2NO3/c1-8(2)7-20-6-5-17-12-10(16)4-3-9(15)11(12)13(18)14(17)19/h3-4,8H,5-7H2,1-2H3. The minimum atomic E-state index is -1.01. The molecule has 0 bridgehead atoms. The Balaban J connectivity index is 2.18. The van der Waals surface area contributed by atoms with E-state index in [0.29, 0.717) is 12.5 Å². The van der Waals surface area contributed by atoms with Gasteiger partial charge in [0.25, 0.3) is 11.7 Å². The highest BCUT2D eigenvalue weighted by Crippen LogP contribution is 2.33. The topological polar surface area (TPSA) is 46.6 Å². The molecule has 108 valence electrons. The predicted molar refractivity (Wildman–Crippen MR) is 68.7 cm³/mol. The molecule has 0 spiro atoms. The lowest BCUT2D eigenvalue weighted by molar-refractivity contribution is -0.114. The molecule has 0 unspecified atom stereocenters. The van der Waals surface area contributed by atoms with Crippen LogP contribution in [0.5, 0.6) is 0 Å². The van der Waals surface area contributed by atoms with Gasteiger partial charge in [-0.05, 0) is 18.1 Å². The first-order chi connectivity index (χ1) is 9.43. The molecule has 0 saturated carbocycles. The number of carbonyl (C=O) groups is 2. The van der Waals surface area contributed by atoms with Gasteiger partial charge in [-0.25, -0.2) is 8.78 Å².